The minimum Gasteiger partial charge on any atom is -0.377 e. The summed E-state index contributed by atoms with van der Waals surface area (Å²) < 4.78 is 0. The molecule has 0 bridgehead atoms. The van der Waals surface area contributed by atoms with E-state index in [1.807, 2.05) is 31.1 Å². The van der Waals surface area contributed by atoms with Crippen molar-refractivity contribution in [2.75, 3.05) is 24.3 Å². The summed E-state index contributed by atoms with van der Waals surface area (Å²) in [6.45, 7) is 0. The molecule has 6 nitrogen and oxygen atoms in total. The maximum Gasteiger partial charge on any atom is 0.319 e. The molecule has 0 unspecified atom stereocenters. The van der Waals surface area contributed by atoms with E-state index in [0.717, 1.165) is 31.4 Å². The lowest BCUT2D eigenvalue weighted by Crippen LogP contribution is -2.39. The van der Waals surface area contributed by atoms with Crippen LogP contribution in [0, 0.1) is 0 Å². The van der Waals surface area contributed by atoms with Gasteiger partial charge in [0.2, 0.25) is 0 Å². The standard InChI is InChI=1S/C22H34N4O2/c1-26(2)20-14-13-18(25-22(28)24-17-11-7-4-8-12-17)15-19(20)21(27)23-16-9-5-3-6-10-16/h13-17H,3-12H2,1-2H3,(H,23,27)(H2,24,25,28). The largest absolute Gasteiger partial charge is 0.377 e. The molecule has 28 heavy (non-hydrogen) atoms. The number of nitrogens with one attached hydrogen (secondary N) is 3. The van der Waals surface area contributed by atoms with E-state index in [0.29, 0.717) is 11.3 Å². The summed E-state index contributed by atoms with van der Waals surface area (Å²) in [7, 11) is 3.85. The Morgan fingerprint density at radius 2 is 1.43 bits per heavy atom. The van der Waals surface area contributed by atoms with Crippen LogP contribution in [0.4, 0.5) is 16.2 Å². The molecule has 2 saturated carbocycles. The Balaban J connectivity index is 1.67. The van der Waals surface area contributed by atoms with Crippen LogP contribution >= 0.6 is 0 Å². The van der Waals surface area contributed by atoms with E-state index in [1.165, 1.54) is 38.5 Å². The zero-order valence-electron chi connectivity index (χ0n) is 17.2. The molecular formula is C22H34N4O2. The van der Waals surface area contributed by atoms with Gasteiger partial charge in [-0.05, 0) is 43.9 Å². The van der Waals surface area contributed by atoms with Gasteiger partial charge in [-0.1, -0.05) is 38.5 Å². The molecule has 3 N–H and O–H groups in total. The van der Waals surface area contributed by atoms with Crippen LogP contribution in [0.2, 0.25) is 0 Å². The highest BCUT2D eigenvalue weighted by Gasteiger charge is 2.21. The molecule has 6 heteroatoms. The Bertz CT molecular complexity index is 677. The van der Waals surface area contributed by atoms with E-state index < -0.39 is 0 Å². The lowest BCUT2D eigenvalue weighted by Gasteiger charge is -2.25. The number of urea groups is 1. The fourth-order valence-electron chi connectivity index (χ4n) is 4.30. The number of amides is 3. The number of rotatable bonds is 5. The van der Waals surface area contributed by atoms with Crippen molar-refractivity contribution < 1.29 is 9.59 Å². The molecular weight excluding hydrogens is 352 g/mol. The summed E-state index contributed by atoms with van der Waals surface area (Å²) in [4.78, 5) is 27.2. The number of hydrogen-bond donors (Lipinski definition) is 3. The van der Waals surface area contributed by atoms with Crippen molar-refractivity contribution in [1.29, 1.82) is 0 Å². The van der Waals surface area contributed by atoms with Gasteiger partial charge in [0.15, 0.2) is 0 Å². The van der Waals surface area contributed by atoms with Crippen molar-refractivity contribution in [3.8, 4) is 0 Å². The molecule has 0 saturated heterocycles. The van der Waals surface area contributed by atoms with Crippen LogP contribution in [0.3, 0.4) is 0 Å². The quantitative estimate of drug-likeness (QED) is 0.707. The van der Waals surface area contributed by atoms with Gasteiger partial charge in [-0.25, -0.2) is 4.79 Å². The fraction of sp³-hybridized carbons (Fsp3) is 0.636. The van der Waals surface area contributed by atoms with Gasteiger partial charge in [0.05, 0.1) is 5.56 Å². The summed E-state index contributed by atoms with van der Waals surface area (Å²) in [6, 6.07) is 5.85. The molecule has 0 aliphatic heterocycles. The summed E-state index contributed by atoms with van der Waals surface area (Å²) in [6.07, 6.45) is 11.4. The third-order valence-corrected chi connectivity index (χ3v) is 5.86. The molecule has 3 rings (SSSR count). The Kier molecular flexibility index (Phi) is 7.18. The van der Waals surface area contributed by atoms with Gasteiger partial charge in [-0.15, -0.1) is 0 Å². The summed E-state index contributed by atoms with van der Waals surface area (Å²) in [5.74, 6) is -0.0630. The van der Waals surface area contributed by atoms with E-state index in [1.54, 1.807) is 6.07 Å². The van der Waals surface area contributed by atoms with Gasteiger partial charge in [-0.2, -0.15) is 0 Å². The van der Waals surface area contributed by atoms with Crippen LogP contribution in [0.25, 0.3) is 0 Å². The molecule has 3 amide bonds. The van der Waals surface area contributed by atoms with E-state index in [-0.39, 0.29) is 24.0 Å². The van der Waals surface area contributed by atoms with Crippen molar-refractivity contribution >= 4 is 23.3 Å². The average molecular weight is 387 g/mol. The average Bonchev–Trinajstić information content (AvgIpc) is 2.69. The highest BCUT2D eigenvalue weighted by atomic mass is 16.2. The Labute approximate surface area is 168 Å². The summed E-state index contributed by atoms with van der Waals surface area (Å²) in [5, 5.41) is 9.15. The second-order valence-corrected chi connectivity index (χ2v) is 8.37. The van der Waals surface area contributed by atoms with Crippen molar-refractivity contribution in [2.24, 2.45) is 0 Å². The highest BCUT2D eigenvalue weighted by molar-refractivity contribution is 6.02. The molecule has 1 aromatic carbocycles. The maximum atomic E-state index is 12.9. The lowest BCUT2D eigenvalue weighted by molar-refractivity contribution is 0.0928. The number of benzene rings is 1. The molecule has 0 heterocycles. The summed E-state index contributed by atoms with van der Waals surface area (Å²) >= 11 is 0. The number of carbonyl (C=O) groups excluding carboxylic acids is 2. The molecule has 0 aromatic heterocycles. The first-order valence-electron chi connectivity index (χ1n) is 10.7. The van der Waals surface area contributed by atoms with Crippen LogP contribution in [0.1, 0.15) is 74.6 Å². The lowest BCUT2D eigenvalue weighted by atomic mass is 9.95. The van der Waals surface area contributed by atoms with E-state index >= 15 is 0 Å². The number of hydrogen-bond acceptors (Lipinski definition) is 3. The topological polar surface area (TPSA) is 73.5 Å². The predicted octanol–water partition coefficient (Wildman–Crippen LogP) is 4.27. The highest BCUT2D eigenvalue weighted by Crippen LogP contribution is 2.25. The van der Waals surface area contributed by atoms with E-state index in [2.05, 4.69) is 16.0 Å². The Hall–Kier alpha value is -2.24. The molecule has 154 valence electrons. The molecule has 2 aliphatic carbocycles. The first kappa shape index (κ1) is 20.5. The number of anilines is 2. The van der Waals surface area contributed by atoms with Crippen molar-refractivity contribution in [3.05, 3.63) is 23.8 Å². The Morgan fingerprint density at radius 3 is 2.00 bits per heavy atom. The minimum atomic E-state index is -0.192. The minimum absolute atomic E-state index is 0.0630. The van der Waals surface area contributed by atoms with Gasteiger partial charge in [0, 0.05) is 37.6 Å². The molecule has 2 fully saturated rings. The normalized spacial score (nSPS) is 18.4. The third-order valence-electron chi connectivity index (χ3n) is 5.86. The molecule has 2 aliphatic rings. The zero-order valence-corrected chi connectivity index (χ0v) is 17.2. The van der Waals surface area contributed by atoms with E-state index in [4.69, 9.17) is 0 Å². The first-order chi connectivity index (χ1) is 13.5. The molecule has 0 spiro atoms. The van der Waals surface area contributed by atoms with Crippen LogP contribution < -0.4 is 20.9 Å². The molecule has 0 atom stereocenters. The zero-order chi connectivity index (χ0) is 19.9. The van der Waals surface area contributed by atoms with Gasteiger partial charge in [0.1, 0.15) is 0 Å². The number of nitrogens with zero attached hydrogens (tertiary/aromatic N) is 1. The summed E-state index contributed by atoms with van der Waals surface area (Å²) in [5.41, 5.74) is 2.10. The second kappa shape index (κ2) is 9.80. The van der Waals surface area contributed by atoms with Crippen LogP contribution in [0.15, 0.2) is 18.2 Å². The van der Waals surface area contributed by atoms with Gasteiger partial charge in [-0.3, -0.25) is 4.79 Å². The van der Waals surface area contributed by atoms with Crippen LogP contribution in [-0.2, 0) is 0 Å². The maximum absolute atomic E-state index is 12.9. The van der Waals surface area contributed by atoms with Crippen molar-refractivity contribution in [2.45, 2.75) is 76.3 Å². The molecule has 1 aromatic rings. The Morgan fingerprint density at radius 1 is 0.857 bits per heavy atom. The van der Waals surface area contributed by atoms with Gasteiger partial charge < -0.3 is 20.9 Å². The second-order valence-electron chi connectivity index (χ2n) is 8.37. The van der Waals surface area contributed by atoms with Crippen molar-refractivity contribution in [3.63, 3.8) is 0 Å². The first-order valence-corrected chi connectivity index (χ1v) is 10.7. The van der Waals surface area contributed by atoms with E-state index in [9.17, 15) is 9.59 Å². The van der Waals surface area contributed by atoms with Gasteiger partial charge in [0.25, 0.3) is 5.91 Å². The number of carbonyl (C=O) groups is 2. The van der Waals surface area contributed by atoms with Gasteiger partial charge >= 0.3 is 6.03 Å². The predicted molar refractivity (Wildman–Crippen MR) is 114 cm³/mol. The fourth-order valence-corrected chi connectivity index (χ4v) is 4.30. The molecule has 0 radical (unpaired) electrons. The smallest absolute Gasteiger partial charge is 0.319 e. The SMILES string of the molecule is CN(C)c1ccc(NC(=O)NC2CCCCC2)cc1C(=O)NC1CCCCC1. The van der Waals surface area contributed by atoms with Crippen molar-refractivity contribution in [1.82, 2.24) is 10.6 Å². The van der Waals surface area contributed by atoms with Crippen LogP contribution in [0.5, 0.6) is 0 Å². The van der Waals surface area contributed by atoms with Crippen LogP contribution in [-0.4, -0.2) is 38.1 Å². The third kappa shape index (κ3) is 5.63. The monoisotopic (exact) mass is 386 g/mol.